The van der Waals surface area contributed by atoms with Gasteiger partial charge >= 0.3 is 0 Å². The Morgan fingerprint density at radius 2 is 1.77 bits per heavy atom. The minimum absolute atomic E-state index is 0.0955. The molecule has 1 amide bonds. The molecule has 4 aromatic rings. The summed E-state index contributed by atoms with van der Waals surface area (Å²) in [4.78, 5) is 17.7. The van der Waals surface area contributed by atoms with Crippen molar-refractivity contribution in [2.24, 2.45) is 0 Å². The number of hydrogen-bond acceptors (Lipinski definition) is 3. The Hall–Kier alpha value is -3.60. The number of nitrogens with zero attached hydrogens (tertiary/aromatic N) is 2. The average Bonchev–Trinajstić information content (AvgIpc) is 3.20. The highest BCUT2D eigenvalue weighted by Gasteiger charge is 2.19. The van der Waals surface area contributed by atoms with Crippen LogP contribution in [0.2, 0.25) is 0 Å². The van der Waals surface area contributed by atoms with Crippen molar-refractivity contribution >= 4 is 16.9 Å². The van der Waals surface area contributed by atoms with Gasteiger partial charge in [-0.05, 0) is 67.6 Å². The second kappa shape index (κ2) is 10.3. The molecule has 0 aliphatic heterocycles. The van der Waals surface area contributed by atoms with Crippen LogP contribution >= 0.6 is 0 Å². The highest BCUT2D eigenvalue weighted by molar-refractivity contribution is 5.94. The summed E-state index contributed by atoms with van der Waals surface area (Å²) in [6.07, 6.45) is 0.826. The first-order valence-electron chi connectivity index (χ1n) is 12.3. The lowest BCUT2D eigenvalue weighted by molar-refractivity contribution is 0.0937. The molecule has 0 radical (unpaired) electrons. The molecule has 0 aliphatic rings. The fraction of sp³-hybridized carbons (Fsp3) is 0.333. The van der Waals surface area contributed by atoms with Crippen molar-refractivity contribution in [2.45, 2.75) is 59.0 Å². The largest absolute Gasteiger partial charge is 0.494 e. The third-order valence-corrected chi connectivity index (χ3v) is 6.21. The Kier molecular flexibility index (Phi) is 7.25. The van der Waals surface area contributed by atoms with E-state index in [2.05, 4.69) is 48.9 Å². The predicted octanol–water partition coefficient (Wildman–Crippen LogP) is 6.60. The number of nitrogens with one attached hydrogen (secondary N) is 1. The van der Waals surface area contributed by atoms with Gasteiger partial charge in [-0.15, -0.1) is 0 Å². The summed E-state index contributed by atoms with van der Waals surface area (Å²) in [5.41, 5.74) is 5.13. The number of aromatic nitrogens is 2. The summed E-state index contributed by atoms with van der Waals surface area (Å²) in [6, 6.07) is 23.8. The van der Waals surface area contributed by atoms with Crippen molar-refractivity contribution in [1.82, 2.24) is 14.9 Å². The molecular formula is C30H35N3O2. The van der Waals surface area contributed by atoms with Crippen molar-refractivity contribution in [3.63, 3.8) is 0 Å². The molecule has 182 valence electrons. The van der Waals surface area contributed by atoms with E-state index >= 15 is 0 Å². The number of aryl methyl sites for hydroxylation is 2. The van der Waals surface area contributed by atoms with Crippen LogP contribution in [0.3, 0.4) is 0 Å². The second-order valence-electron chi connectivity index (χ2n) is 10.2. The van der Waals surface area contributed by atoms with Crippen LogP contribution in [0, 0.1) is 6.92 Å². The van der Waals surface area contributed by atoms with E-state index in [1.807, 2.05) is 68.4 Å². The summed E-state index contributed by atoms with van der Waals surface area (Å²) in [5.74, 6) is 1.64. The molecule has 0 fully saturated rings. The van der Waals surface area contributed by atoms with Crippen molar-refractivity contribution in [1.29, 1.82) is 0 Å². The molecular weight excluding hydrogens is 434 g/mol. The number of hydrogen-bond donors (Lipinski definition) is 1. The van der Waals surface area contributed by atoms with Crippen molar-refractivity contribution in [2.75, 3.05) is 6.61 Å². The van der Waals surface area contributed by atoms with Crippen LogP contribution in [-0.2, 0) is 12.0 Å². The normalized spacial score (nSPS) is 12.5. The van der Waals surface area contributed by atoms with Crippen LogP contribution in [0.15, 0.2) is 72.8 Å². The standard InChI is InChI=1S/C30H35N3O2/c1-21-10-8-11-23(20-21)29(34)31-22(2)28-32-26-12-6-7-13-27(26)33(28)18-9-19-35-25-16-14-24(15-17-25)30(3,4)5/h6-8,10-17,20,22H,9,18-19H2,1-5H3,(H,31,34). The zero-order chi connectivity index (χ0) is 25.0. The Morgan fingerprint density at radius 1 is 1.03 bits per heavy atom. The molecule has 35 heavy (non-hydrogen) atoms. The van der Waals surface area contributed by atoms with Gasteiger partial charge in [-0.3, -0.25) is 4.79 Å². The lowest BCUT2D eigenvalue weighted by Gasteiger charge is -2.19. The number of carbonyl (C=O) groups excluding carboxylic acids is 1. The molecule has 5 heteroatoms. The molecule has 1 aromatic heterocycles. The molecule has 1 heterocycles. The molecule has 1 atom stereocenters. The number of rotatable bonds is 8. The van der Waals surface area contributed by atoms with Crippen LogP contribution in [0.5, 0.6) is 5.75 Å². The number of carbonyl (C=O) groups is 1. The first-order chi connectivity index (χ1) is 16.7. The molecule has 0 saturated carbocycles. The third kappa shape index (κ3) is 5.91. The van der Waals surface area contributed by atoms with E-state index in [0.717, 1.165) is 41.1 Å². The summed E-state index contributed by atoms with van der Waals surface area (Å²) in [7, 11) is 0. The van der Waals surface area contributed by atoms with Crippen molar-refractivity contribution in [3.8, 4) is 5.75 Å². The first kappa shape index (κ1) is 24.5. The minimum Gasteiger partial charge on any atom is -0.494 e. The maximum atomic E-state index is 12.8. The topological polar surface area (TPSA) is 56.2 Å². The maximum Gasteiger partial charge on any atom is 0.251 e. The van der Waals surface area contributed by atoms with Gasteiger partial charge in [-0.2, -0.15) is 0 Å². The van der Waals surface area contributed by atoms with E-state index in [9.17, 15) is 4.79 Å². The van der Waals surface area contributed by atoms with E-state index < -0.39 is 0 Å². The Morgan fingerprint density at radius 3 is 2.49 bits per heavy atom. The molecule has 3 aromatic carbocycles. The predicted molar refractivity (Wildman–Crippen MR) is 142 cm³/mol. The van der Waals surface area contributed by atoms with Gasteiger partial charge in [0.25, 0.3) is 5.91 Å². The van der Waals surface area contributed by atoms with Crippen LogP contribution < -0.4 is 10.1 Å². The van der Waals surface area contributed by atoms with Gasteiger partial charge in [0.05, 0.1) is 23.7 Å². The van der Waals surface area contributed by atoms with Crippen molar-refractivity contribution in [3.05, 3.63) is 95.3 Å². The van der Waals surface area contributed by atoms with Gasteiger partial charge in [0.2, 0.25) is 0 Å². The van der Waals surface area contributed by atoms with Crippen LogP contribution in [-0.4, -0.2) is 22.1 Å². The molecule has 0 aliphatic carbocycles. The molecule has 4 rings (SSSR count). The van der Waals surface area contributed by atoms with Crippen LogP contribution in [0.4, 0.5) is 0 Å². The lowest BCUT2D eigenvalue weighted by Crippen LogP contribution is -2.29. The fourth-order valence-electron chi connectivity index (χ4n) is 4.25. The number of imidazole rings is 1. The maximum absolute atomic E-state index is 12.8. The number of amides is 1. The van der Waals surface area contributed by atoms with Gasteiger partial charge in [0, 0.05) is 12.1 Å². The monoisotopic (exact) mass is 469 g/mol. The zero-order valence-corrected chi connectivity index (χ0v) is 21.3. The number of benzene rings is 3. The van der Waals surface area contributed by atoms with E-state index in [1.165, 1.54) is 5.56 Å². The highest BCUT2D eigenvalue weighted by atomic mass is 16.5. The quantitative estimate of drug-likeness (QED) is 0.296. The Balaban J connectivity index is 1.44. The third-order valence-electron chi connectivity index (χ3n) is 6.21. The average molecular weight is 470 g/mol. The summed E-state index contributed by atoms with van der Waals surface area (Å²) in [6.45, 7) is 11.9. The zero-order valence-electron chi connectivity index (χ0n) is 21.3. The van der Waals surface area contributed by atoms with Gasteiger partial charge in [0.1, 0.15) is 11.6 Å². The SMILES string of the molecule is Cc1cccc(C(=O)NC(C)c2nc3ccccc3n2CCCOc2ccc(C(C)(C)C)cc2)c1. The lowest BCUT2D eigenvalue weighted by atomic mass is 9.87. The highest BCUT2D eigenvalue weighted by Crippen LogP contribution is 2.25. The summed E-state index contributed by atoms with van der Waals surface area (Å²) < 4.78 is 8.21. The molecule has 5 nitrogen and oxygen atoms in total. The molecule has 0 saturated heterocycles. The summed E-state index contributed by atoms with van der Waals surface area (Å²) in [5, 5.41) is 3.12. The van der Waals surface area contributed by atoms with Crippen molar-refractivity contribution < 1.29 is 9.53 Å². The number of para-hydroxylation sites is 2. The van der Waals surface area contributed by atoms with Gasteiger partial charge < -0.3 is 14.6 Å². The molecule has 1 unspecified atom stereocenters. The first-order valence-corrected chi connectivity index (χ1v) is 12.3. The van der Waals surface area contributed by atoms with Gasteiger partial charge in [-0.1, -0.05) is 62.7 Å². The minimum atomic E-state index is -0.235. The Labute approximate surface area is 208 Å². The van der Waals surface area contributed by atoms with E-state index in [4.69, 9.17) is 9.72 Å². The number of ether oxygens (including phenoxy) is 1. The van der Waals surface area contributed by atoms with E-state index in [0.29, 0.717) is 12.2 Å². The Bertz CT molecular complexity index is 1300. The molecule has 0 spiro atoms. The van der Waals surface area contributed by atoms with Gasteiger partial charge in [-0.25, -0.2) is 4.98 Å². The molecule has 1 N–H and O–H groups in total. The smallest absolute Gasteiger partial charge is 0.251 e. The van der Waals surface area contributed by atoms with E-state index in [1.54, 1.807) is 0 Å². The fourth-order valence-corrected chi connectivity index (χ4v) is 4.25. The molecule has 0 bridgehead atoms. The number of fused-ring (bicyclic) bond motifs is 1. The van der Waals surface area contributed by atoms with Crippen LogP contribution in [0.25, 0.3) is 11.0 Å². The van der Waals surface area contributed by atoms with Crippen LogP contribution in [0.1, 0.15) is 67.5 Å². The summed E-state index contributed by atoms with van der Waals surface area (Å²) >= 11 is 0. The second-order valence-corrected chi connectivity index (χ2v) is 10.2. The van der Waals surface area contributed by atoms with E-state index in [-0.39, 0.29) is 17.4 Å². The van der Waals surface area contributed by atoms with Gasteiger partial charge in [0.15, 0.2) is 0 Å².